The molecule has 0 spiro atoms. The van der Waals surface area contributed by atoms with Crippen LogP contribution in [0.15, 0.2) is 53.5 Å². The number of hydrogen-bond donors (Lipinski definition) is 1. The van der Waals surface area contributed by atoms with Gasteiger partial charge in [-0.2, -0.15) is 0 Å². The van der Waals surface area contributed by atoms with Crippen LogP contribution in [0, 0.1) is 12.7 Å². The van der Waals surface area contributed by atoms with Crippen molar-refractivity contribution in [2.75, 3.05) is 13.7 Å². The zero-order chi connectivity index (χ0) is 25.3. The highest BCUT2D eigenvalue weighted by Crippen LogP contribution is 2.44. The highest BCUT2D eigenvalue weighted by Gasteiger charge is 2.32. The van der Waals surface area contributed by atoms with Crippen molar-refractivity contribution in [1.82, 2.24) is 0 Å². The smallest absolute Gasteiger partial charge is 0.337 e. The fourth-order valence-corrected chi connectivity index (χ4v) is 4.60. The number of allylic oxidation sites excluding steroid dienone is 1. The molecule has 0 aromatic heterocycles. The Balaban J connectivity index is 2.07. The number of aliphatic carboxylic acids is 1. The van der Waals surface area contributed by atoms with Crippen molar-refractivity contribution in [2.24, 2.45) is 4.99 Å². The SMILES string of the molecule is CN=C/C=C1/CCOc2ccc(-c3c([C@H](OC(C)(C)C)C(=O)O)c(C)cc4cccc(F)c34)cc21. The van der Waals surface area contributed by atoms with Gasteiger partial charge in [0.15, 0.2) is 6.10 Å². The van der Waals surface area contributed by atoms with Crippen molar-refractivity contribution in [1.29, 1.82) is 0 Å². The summed E-state index contributed by atoms with van der Waals surface area (Å²) in [5.41, 5.74) is 3.60. The Hall–Kier alpha value is -3.51. The minimum Gasteiger partial charge on any atom is -0.493 e. The molecule has 4 rings (SSSR count). The lowest BCUT2D eigenvalue weighted by molar-refractivity contribution is -0.160. The fourth-order valence-electron chi connectivity index (χ4n) is 4.60. The van der Waals surface area contributed by atoms with Gasteiger partial charge in [-0.15, -0.1) is 0 Å². The molecule has 3 aromatic carbocycles. The number of halogens is 1. The summed E-state index contributed by atoms with van der Waals surface area (Å²) in [6.07, 6.45) is 3.12. The Morgan fingerprint density at radius 1 is 1.23 bits per heavy atom. The van der Waals surface area contributed by atoms with Crippen molar-refractivity contribution < 1.29 is 23.8 Å². The van der Waals surface area contributed by atoms with E-state index in [0.29, 0.717) is 40.5 Å². The van der Waals surface area contributed by atoms with Gasteiger partial charge in [-0.25, -0.2) is 9.18 Å². The van der Waals surface area contributed by atoms with Gasteiger partial charge >= 0.3 is 5.97 Å². The van der Waals surface area contributed by atoms with Gasteiger partial charge in [0.1, 0.15) is 11.6 Å². The average molecular weight is 476 g/mol. The molecule has 35 heavy (non-hydrogen) atoms. The predicted octanol–water partition coefficient (Wildman–Crippen LogP) is 6.76. The molecule has 1 aliphatic heterocycles. The van der Waals surface area contributed by atoms with E-state index in [1.54, 1.807) is 19.3 Å². The van der Waals surface area contributed by atoms with Crippen LogP contribution in [0.25, 0.3) is 27.5 Å². The lowest BCUT2D eigenvalue weighted by Crippen LogP contribution is -2.28. The number of hydrogen-bond acceptors (Lipinski definition) is 4. The van der Waals surface area contributed by atoms with Crippen LogP contribution in [0.4, 0.5) is 4.39 Å². The van der Waals surface area contributed by atoms with Crippen LogP contribution in [0.5, 0.6) is 5.75 Å². The second kappa shape index (κ2) is 9.62. The lowest BCUT2D eigenvalue weighted by atomic mass is 9.85. The minimum atomic E-state index is -1.27. The third-order valence-electron chi connectivity index (χ3n) is 5.99. The first-order valence-corrected chi connectivity index (χ1v) is 11.6. The number of carboxylic acids is 1. The first-order chi connectivity index (χ1) is 16.6. The number of fused-ring (bicyclic) bond motifs is 2. The summed E-state index contributed by atoms with van der Waals surface area (Å²) >= 11 is 0. The standard InChI is InChI=1S/C29H30FNO4/c1-17-15-19-7-6-8-22(30)25(19)26(24(17)27(28(32)33)35-29(2,3)4)20-9-10-23-21(16-20)18(11-13-31-5)12-14-34-23/h6-11,13,15-16,27H,12,14H2,1-5H3,(H,32,33)/b18-11-,31-13?/t27-/m0/s1. The largest absolute Gasteiger partial charge is 0.493 e. The molecule has 1 N–H and O–H groups in total. The van der Waals surface area contributed by atoms with Gasteiger partial charge in [0.25, 0.3) is 0 Å². The number of carbonyl (C=O) groups is 1. The molecule has 0 unspecified atom stereocenters. The van der Waals surface area contributed by atoms with Gasteiger partial charge in [0.2, 0.25) is 0 Å². The summed E-state index contributed by atoms with van der Waals surface area (Å²) in [6, 6.07) is 12.4. The van der Waals surface area contributed by atoms with Crippen molar-refractivity contribution in [3.63, 3.8) is 0 Å². The maximum atomic E-state index is 15.4. The molecule has 5 nitrogen and oxygen atoms in total. The van der Waals surface area contributed by atoms with E-state index in [1.165, 1.54) is 6.07 Å². The summed E-state index contributed by atoms with van der Waals surface area (Å²) < 4.78 is 27.3. The number of benzene rings is 3. The third-order valence-corrected chi connectivity index (χ3v) is 5.99. The quantitative estimate of drug-likeness (QED) is 0.414. The molecule has 0 saturated heterocycles. The van der Waals surface area contributed by atoms with Crippen LogP contribution in [0.2, 0.25) is 0 Å². The Morgan fingerprint density at radius 3 is 2.69 bits per heavy atom. The van der Waals surface area contributed by atoms with Crippen molar-refractivity contribution >= 4 is 28.5 Å². The molecule has 0 saturated carbocycles. The highest BCUT2D eigenvalue weighted by atomic mass is 19.1. The highest BCUT2D eigenvalue weighted by molar-refractivity contribution is 6.02. The molecule has 1 atom stereocenters. The summed E-state index contributed by atoms with van der Waals surface area (Å²) in [5.74, 6) is -0.807. The Morgan fingerprint density at radius 2 is 2.00 bits per heavy atom. The zero-order valence-corrected chi connectivity index (χ0v) is 20.7. The number of rotatable bonds is 5. The molecule has 1 heterocycles. The molecule has 6 heteroatoms. The first-order valence-electron chi connectivity index (χ1n) is 11.6. The average Bonchev–Trinajstić information content (AvgIpc) is 2.79. The van der Waals surface area contributed by atoms with E-state index >= 15 is 4.39 Å². The molecular formula is C29H30FNO4. The topological polar surface area (TPSA) is 68.1 Å². The molecule has 0 radical (unpaired) electrons. The molecule has 0 bridgehead atoms. The van der Waals surface area contributed by atoms with Crippen LogP contribution < -0.4 is 4.74 Å². The summed E-state index contributed by atoms with van der Waals surface area (Å²) in [5, 5.41) is 11.3. The van der Waals surface area contributed by atoms with Gasteiger partial charge in [0, 0.05) is 36.2 Å². The van der Waals surface area contributed by atoms with Crippen LogP contribution in [0.1, 0.15) is 50.0 Å². The van der Waals surface area contributed by atoms with Gasteiger partial charge in [-0.3, -0.25) is 4.99 Å². The van der Waals surface area contributed by atoms with Crippen LogP contribution in [-0.4, -0.2) is 36.5 Å². The van der Waals surface area contributed by atoms with Gasteiger partial charge in [-0.05, 0) is 79.6 Å². The van der Waals surface area contributed by atoms with E-state index < -0.39 is 23.5 Å². The van der Waals surface area contributed by atoms with Crippen molar-refractivity contribution in [3.05, 3.63) is 71.0 Å². The Labute approximate surface area is 204 Å². The lowest BCUT2D eigenvalue weighted by Gasteiger charge is -2.29. The van der Waals surface area contributed by atoms with Crippen molar-refractivity contribution in [3.8, 4) is 16.9 Å². The number of aliphatic imine (C=N–C) groups is 1. The van der Waals surface area contributed by atoms with Crippen LogP contribution in [0.3, 0.4) is 0 Å². The maximum absolute atomic E-state index is 15.4. The van der Waals surface area contributed by atoms with Crippen molar-refractivity contribution in [2.45, 2.75) is 45.8 Å². The summed E-state index contributed by atoms with van der Waals surface area (Å²) in [6.45, 7) is 7.83. The monoisotopic (exact) mass is 475 g/mol. The van der Waals surface area contributed by atoms with Crippen LogP contribution >= 0.6 is 0 Å². The second-order valence-electron chi connectivity index (χ2n) is 9.68. The molecule has 3 aromatic rings. The molecule has 0 aliphatic carbocycles. The minimum absolute atomic E-state index is 0.370. The molecule has 0 amide bonds. The predicted molar refractivity (Wildman–Crippen MR) is 138 cm³/mol. The number of ether oxygens (including phenoxy) is 2. The maximum Gasteiger partial charge on any atom is 0.337 e. The van der Waals surface area contributed by atoms with E-state index in [9.17, 15) is 9.90 Å². The van der Waals surface area contributed by atoms with E-state index in [4.69, 9.17) is 9.47 Å². The normalized spacial score (nSPS) is 15.9. The van der Waals surface area contributed by atoms with E-state index in [0.717, 1.165) is 22.4 Å². The molecular weight excluding hydrogens is 445 g/mol. The zero-order valence-electron chi connectivity index (χ0n) is 20.7. The van der Waals surface area contributed by atoms with Gasteiger partial charge in [-0.1, -0.05) is 24.3 Å². The third kappa shape index (κ3) is 4.98. The van der Waals surface area contributed by atoms with E-state index in [2.05, 4.69) is 4.99 Å². The summed E-state index contributed by atoms with van der Waals surface area (Å²) in [4.78, 5) is 16.5. The molecule has 1 aliphatic rings. The fraction of sp³-hybridized carbons (Fsp3) is 0.310. The first kappa shape index (κ1) is 24.6. The van der Waals surface area contributed by atoms with E-state index in [1.807, 2.05) is 64.1 Å². The second-order valence-corrected chi connectivity index (χ2v) is 9.68. The van der Waals surface area contributed by atoms with Gasteiger partial charge in [0.05, 0.1) is 12.2 Å². The molecule has 182 valence electrons. The van der Waals surface area contributed by atoms with Gasteiger partial charge < -0.3 is 14.6 Å². The number of aryl methyl sites for hydroxylation is 1. The van der Waals surface area contributed by atoms with Crippen LogP contribution in [-0.2, 0) is 9.53 Å². The number of carboxylic acid groups (broad SMARTS) is 1. The Bertz CT molecular complexity index is 1350. The molecule has 0 fully saturated rings. The van der Waals surface area contributed by atoms with E-state index in [-0.39, 0.29) is 0 Å². The summed E-state index contributed by atoms with van der Waals surface area (Å²) in [7, 11) is 1.71. The number of nitrogens with zero attached hydrogens (tertiary/aromatic N) is 1. The Kier molecular flexibility index (Phi) is 6.77.